The molecule has 1 amide bonds. The number of nitriles is 2. The number of carbonyl (C=O) groups is 1. The fourth-order valence-electron chi connectivity index (χ4n) is 3.61. The molecule has 14 nitrogen and oxygen atoms in total. The van der Waals surface area contributed by atoms with Crippen molar-refractivity contribution in [3.63, 3.8) is 0 Å². The van der Waals surface area contributed by atoms with Gasteiger partial charge in [0.05, 0.1) is 40.5 Å². The van der Waals surface area contributed by atoms with Gasteiger partial charge in [-0.1, -0.05) is 30.3 Å². The number of methoxy groups -OCH3 is 1. The molecule has 0 atom stereocenters. The fourth-order valence-corrected chi connectivity index (χ4v) is 4.12. The predicted octanol–water partition coefficient (Wildman–Crippen LogP) is 5.99. The number of benzene rings is 3. The van der Waals surface area contributed by atoms with E-state index in [1.807, 2.05) is 30.3 Å². The normalized spacial score (nSPS) is 10.4. The Kier molecular flexibility index (Phi) is 9.66. The van der Waals surface area contributed by atoms with Crippen molar-refractivity contribution in [2.45, 2.75) is 18.4 Å². The number of nitrogens with zero attached hydrogens (tertiary/aromatic N) is 7. The molecule has 3 rings (SSSR count). The number of carbonyl (C=O) groups excluding carboxylic acids is 1. The van der Waals surface area contributed by atoms with Crippen LogP contribution in [0.5, 0.6) is 5.75 Å². The van der Waals surface area contributed by atoms with E-state index >= 15 is 0 Å². The minimum absolute atomic E-state index is 0.0139. The van der Waals surface area contributed by atoms with Crippen LogP contribution in [0.2, 0.25) is 0 Å². The largest absolute Gasteiger partial charge is 0.494 e. The monoisotopic (exact) mass is 560 g/mol. The molecule has 0 spiro atoms. The summed E-state index contributed by atoms with van der Waals surface area (Å²) in [5.74, 6) is -0.176. The molecule has 0 fully saturated rings. The van der Waals surface area contributed by atoms with Crippen LogP contribution in [0.25, 0.3) is 0 Å². The van der Waals surface area contributed by atoms with Crippen LogP contribution in [-0.2, 0) is 11.3 Å². The van der Waals surface area contributed by atoms with Gasteiger partial charge in [0.2, 0.25) is 5.91 Å². The first-order chi connectivity index (χ1) is 19.2. The highest BCUT2D eigenvalue weighted by atomic mass is 32.2. The zero-order valence-corrected chi connectivity index (χ0v) is 21.9. The molecule has 3 aromatic carbocycles. The number of anilines is 2. The lowest BCUT2D eigenvalue weighted by Crippen LogP contribution is -2.23. The van der Waals surface area contributed by atoms with E-state index in [1.165, 1.54) is 26.2 Å². The minimum atomic E-state index is -0.857. The third-order valence-corrected chi connectivity index (χ3v) is 5.94. The van der Waals surface area contributed by atoms with E-state index in [-0.39, 0.29) is 34.3 Å². The Morgan fingerprint density at radius 3 is 2.30 bits per heavy atom. The summed E-state index contributed by atoms with van der Waals surface area (Å²) in [6, 6.07) is 16.2. The molecule has 0 aliphatic carbocycles. The number of hydrogen-bond acceptors (Lipinski definition) is 12. The molecule has 40 heavy (non-hydrogen) atoms. The third kappa shape index (κ3) is 7.06. The van der Waals surface area contributed by atoms with Gasteiger partial charge >= 0.3 is 5.69 Å². The molecule has 0 saturated carbocycles. The van der Waals surface area contributed by atoms with Crippen LogP contribution in [0.3, 0.4) is 0 Å². The lowest BCUT2D eigenvalue weighted by Gasteiger charge is -2.25. The third-order valence-electron chi connectivity index (χ3n) is 5.30. The quantitative estimate of drug-likeness (QED) is 0.0725. The number of nitrogens with one attached hydrogen (secondary N) is 1. The first-order valence-corrected chi connectivity index (χ1v) is 12.1. The fraction of sp³-hybridized carbons (Fsp3) is 0.160. The maximum atomic E-state index is 12.0. The molecule has 0 radical (unpaired) electrons. The Bertz CT molecular complexity index is 1570. The van der Waals surface area contributed by atoms with Crippen LogP contribution in [-0.4, -0.2) is 29.4 Å². The molecular formula is C25H20N8O6S. The molecule has 202 valence electrons. The summed E-state index contributed by atoms with van der Waals surface area (Å²) in [7, 11) is 1.40. The van der Waals surface area contributed by atoms with Crippen molar-refractivity contribution >= 4 is 51.8 Å². The van der Waals surface area contributed by atoms with Gasteiger partial charge in [-0.15, -0.1) is 10.2 Å². The van der Waals surface area contributed by atoms with Crippen molar-refractivity contribution in [1.82, 2.24) is 0 Å². The van der Waals surface area contributed by atoms with Crippen LogP contribution in [0, 0.1) is 42.2 Å². The molecular weight excluding hydrogens is 540 g/mol. The average Bonchev–Trinajstić information content (AvgIpc) is 2.92. The van der Waals surface area contributed by atoms with Gasteiger partial charge in [-0.2, -0.15) is 10.5 Å². The van der Waals surface area contributed by atoms with Crippen molar-refractivity contribution in [1.29, 1.82) is 10.5 Å². The molecule has 3 aromatic rings. The van der Waals surface area contributed by atoms with Crippen LogP contribution < -0.4 is 15.0 Å². The van der Waals surface area contributed by atoms with Gasteiger partial charge in [0, 0.05) is 19.5 Å². The van der Waals surface area contributed by atoms with E-state index in [9.17, 15) is 30.3 Å². The van der Waals surface area contributed by atoms with Crippen molar-refractivity contribution in [2.24, 2.45) is 10.2 Å². The van der Waals surface area contributed by atoms with Gasteiger partial charge in [-0.05, 0) is 29.5 Å². The number of amides is 1. The highest BCUT2D eigenvalue weighted by Gasteiger charge is 2.25. The molecule has 0 heterocycles. The summed E-state index contributed by atoms with van der Waals surface area (Å²) in [5, 5.41) is 53.8. The van der Waals surface area contributed by atoms with E-state index < -0.39 is 27.1 Å². The second kappa shape index (κ2) is 13.3. The number of nitro benzene ring substituents is 2. The molecule has 0 unspecified atom stereocenters. The molecule has 1 N–H and O–H groups in total. The Morgan fingerprint density at radius 1 is 1.05 bits per heavy atom. The van der Waals surface area contributed by atoms with Gasteiger partial charge in [-0.3, -0.25) is 25.0 Å². The summed E-state index contributed by atoms with van der Waals surface area (Å²) in [6.45, 7) is 1.60. The van der Waals surface area contributed by atoms with Gasteiger partial charge in [-0.25, -0.2) is 0 Å². The number of hydrogen-bond donors (Lipinski definition) is 1. The van der Waals surface area contributed by atoms with E-state index in [0.29, 0.717) is 30.1 Å². The standard InChI is InChI=1S/C25H20N8O6S/c1-16(34)28-18-10-22(31(9-8-26)14-17-6-4-3-5-7-17)24(39-2)11-19(18)29-30-20-12-25(40-15-27)23(33(37)38)13-21(20)32(35)36/h3-7,10-13H,9,14H2,1-2H3,(H,28,34). The van der Waals surface area contributed by atoms with Gasteiger partial charge < -0.3 is 15.0 Å². The number of rotatable bonds is 11. The van der Waals surface area contributed by atoms with Crippen LogP contribution >= 0.6 is 11.8 Å². The number of thiocyanates is 1. The Hall–Kier alpha value is -5.54. The average molecular weight is 561 g/mol. The second-order valence-electron chi connectivity index (χ2n) is 7.94. The zero-order valence-electron chi connectivity index (χ0n) is 21.1. The number of nitro groups is 2. The van der Waals surface area contributed by atoms with E-state index in [2.05, 4.69) is 21.6 Å². The minimum Gasteiger partial charge on any atom is -0.494 e. The highest BCUT2D eigenvalue weighted by Crippen LogP contribution is 2.42. The van der Waals surface area contributed by atoms with Crippen LogP contribution in [0.4, 0.5) is 34.1 Å². The molecule has 15 heteroatoms. The Labute approximate surface area is 231 Å². The van der Waals surface area contributed by atoms with E-state index in [0.717, 1.165) is 11.6 Å². The van der Waals surface area contributed by atoms with Crippen LogP contribution in [0.15, 0.2) is 69.7 Å². The summed E-state index contributed by atoms with van der Waals surface area (Å²) in [6.07, 6.45) is 0. The first kappa shape index (κ1) is 29.0. The molecule has 0 bridgehead atoms. The summed E-state index contributed by atoms with van der Waals surface area (Å²) < 4.78 is 5.53. The highest BCUT2D eigenvalue weighted by molar-refractivity contribution is 8.03. The Balaban J connectivity index is 2.15. The molecule has 0 saturated heterocycles. The van der Waals surface area contributed by atoms with E-state index in [4.69, 9.17) is 10.00 Å². The van der Waals surface area contributed by atoms with Crippen molar-refractivity contribution in [2.75, 3.05) is 23.9 Å². The SMILES string of the molecule is COc1cc(N=Nc2cc(SC#N)c([N+](=O)[O-])cc2[N+](=O)[O-])c(NC(C)=O)cc1N(CC#N)Cc1ccccc1. The zero-order chi connectivity index (χ0) is 29.2. The molecule has 0 aliphatic rings. The summed E-state index contributed by atoms with van der Waals surface area (Å²) in [4.78, 5) is 34.8. The molecule has 0 aliphatic heterocycles. The van der Waals surface area contributed by atoms with Gasteiger partial charge in [0.1, 0.15) is 28.3 Å². The van der Waals surface area contributed by atoms with Crippen molar-refractivity contribution in [3.8, 4) is 17.2 Å². The Morgan fingerprint density at radius 2 is 1.73 bits per heavy atom. The smallest absolute Gasteiger partial charge is 0.303 e. The summed E-state index contributed by atoms with van der Waals surface area (Å²) in [5.41, 5.74) is -0.0800. The predicted molar refractivity (Wildman–Crippen MR) is 146 cm³/mol. The van der Waals surface area contributed by atoms with Crippen LogP contribution in [0.1, 0.15) is 12.5 Å². The number of thioether (sulfide) groups is 1. The molecule has 0 aromatic heterocycles. The van der Waals surface area contributed by atoms with E-state index in [1.54, 1.807) is 10.3 Å². The second-order valence-corrected chi connectivity index (χ2v) is 8.76. The lowest BCUT2D eigenvalue weighted by molar-refractivity contribution is -0.395. The number of azo groups is 1. The first-order valence-electron chi connectivity index (χ1n) is 11.3. The van der Waals surface area contributed by atoms with Gasteiger partial charge in [0.25, 0.3) is 5.69 Å². The van der Waals surface area contributed by atoms with Crippen molar-refractivity contribution in [3.05, 3.63) is 80.4 Å². The maximum Gasteiger partial charge on any atom is 0.303 e. The maximum absolute atomic E-state index is 12.0. The lowest BCUT2D eigenvalue weighted by atomic mass is 10.1. The number of ether oxygens (including phenoxy) is 1. The van der Waals surface area contributed by atoms with Crippen molar-refractivity contribution < 1.29 is 19.4 Å². The van der Waals surface area contributed by atoms with Gasteiger partial charge in [0.15, 0.2) is 5.69 Å². The topological polar surface area (TPSA) is 200 Å². The summed E-state index contributed by atoms with van der Waals surface area (Å²) >= 11 is 0.445.